The molecule has 0 radical (unpaired) electrons. The van der Waals surface area contributed by atoms with Crippen molar-refractivity contribution in [2.24, 2.45) is 5.73 Å². The van der Waals surface area contributed by atoms with Gasteiger partial charge >= 0.3 is 6.18 Å². The van der Waals surface area contributed by atoms with Gasteiger partial charge in [-0.3, -0.25) is 0 Å². The maximum Gasteiger partial charge on any atom is 0.416 e. The molecule has 0 fully saturated rings. The van der Waals surface area contributed by atoms with Gasteiger partial charge in [-0.1, -0.05) is 0 Å². The Balaban J connectivity index is 3.51. The average molecular weight is 289 g/mol. The summed E-state index contributed by atoms with van der Waals surface area (Å²) in [7, 11) is 1.56. The first kappa shape index (κ1) is 18.6. The van der Waals surface area contributed by atoms with Gasteiger partial charge in [0, 0.05) is 13.2 Å². The highest BCUT2D eigenvalue weighted by Gasteiger charge is 2.42. The van der Waals surface area contributed by atoms with Crippen LogP contribution in [0.2, 0.25) is 0 Å². The van der Waals surface area contributed by atoms with E-state index in [1.165, 1.54) is 6.92 Å². The lowest BCUT2D eigenvalue weighted by Crippen LogP contribution is -2.45. The van der Waals surface area contributed by atoms with Crippen LogP contribution in [0.4, 0.5) is 13.2 Å². The van der Waals surface area contributed by atoms with Crippen molar-refractivity contribution < 1.29 is 32.1 Å². The zero-order valence-corrected chi connectivity index (χ0v) is 11.2. The van der Waals surface area contributed by atoms with Crippen LogP contribution >= 0.6 is 0 Å². The molecule has 0 aliphatic heterocycles. The number of methoxy groups -OCH3 is 1. The third kappa shape index (κ3) is 10.1. The molecular formula is C11H22F3NO4. The Morgan fingerprint density at radius 2 is 1.42 bits per heavy atom. The number of nitrogens with two attached hydrogens (primary N) is 1. The number of rotatable bonds is 11. The minimum absolute atomic E-state index is 0.0624. The lowest BCUT2D eigenvalue weighted by Gasteiger charge is -2.23. The summed E-state index contributed by atoms with van der Waals surface area (Å²) in [5.41, 5.74) is 5.21. The molecule has 116 valence electrons. The third-order valence-electron chi connectivity index (χ3n) is 2.13. The van der Waals surface area contributed by atoms with Crippen LogP contribution in [0.3, 0.4) is 0 Å². The molecular weight excluding hydrogens is 267 g/mol. The van der Waals surface area contributed by atoms with E-state index in [2.05, 4.69) is 4.74 Å². The summed E-state index contributed by atoms with van der Waals surface area (Å²) < 4.78 is 56.9. The van der Waals surface area contributed by atoms with E-state index < -0.39 is 18.3 Å². The lowest BCUT2D eigenvalue weighted by molar-refractivity contribution is -0.227. The van der Waals surface area contributed by atoms with Gasteiger partial charge in [0.25, 0.3) is 0 Å². The van der Waals surface area contributed by atoms with Crippen LogP contribution < -0.4 is 5.73 Å². The molecule has 2 N–H and O–H groups in total. The van der Waals surface area contributed by atoms with E-state index in [-0.39, 0.29) is 13.2 Å². The largest absolute Gasteiger partial charge is 0.416 e. The number of hydrogen-bond acceptors (Lipinski definition) is 5. The zero-order valence-electron chi connectivity index (χ0n) is 11.2. The molecule has 0 bridgehead atoms. The fourth-order valence-electron chi connectivity index (χ4n) is 1.24. The quantitative estimate of drug-likeness (QED) is 0.574. The van der Waals surface area contributed by atoms with Crippen LogP contribution in [-0.2, 0) is 18.9 Å². The Labute approximate surface area is 111 Å². The van der Waals surface area contributed by atoms with Gasteiger partial charge in [0.1, 0.15) is 0 Å². The van der Waals surface area contributed by atoms with Crippen LogP contribution in [0.25, 0.3) is 0 Å². The van der Waals surface area contributed by atoms with Crippen molar-refractivity contribution in [1.29, 1.82) is 0 Å². The smallest absolute Gasteiger partial charge is 0.382 e. The number of ether oxygens (including phenoxy) is 4. The first-order valence-electron chi connectivity index (χ1n) is 5.98. The third-order valence-corrected chi connectivity index (χ3v) is 2.13. The molecule has 0 rings (SSSR count). The fourth-order valence-corrected chi connectivity index (χ4v) is 1.24. The summed E-state index contributed by atoms with van der Waals surface area (Å²) >= 11 is 0. The summed E-state index contributed by atoms with van der Waals surface area (Å²) in [4.78, 5) is 0. The topological polar surface area (TPSA) is 62.9 Å². The van der Waals surface area contributed by atoms with E-state index in [1.807, 2.05) is 0 Å². The van der Waals surface area contributed by atoms with E-state index in [0.29, 0.717) is 26.4 Å². The fraction of sp³-hybridized carbons (Fsp3) is 1.00. The number of alkyl halides is 3. The van der Waals surface area contributed by atoms with E-state index >= 15 is 0 Å². The molecule has 0 heterocycles. The van der Waals surface area contributed by atoms with Gasteiger partial charge in [0.15, 0.2) is 6.10 Å². The predicted octanol–water partition coefficient (Wildman–Crippen LogP) is 0.961. The summed E-state index contributed by atoms with van der Waals surface area (Å²) in [6.45, 7) is 2.75. The maximum absolute atomic E-state index is 12.4. The van der Waals surface area contributed by atoms with Gasteiger partial charge in [-0.2, -0.15) is 13.2 Å². The van der Waals surface area contributed by atoms with Crippen molar-refractivity contribution in [2.45, 2.75) is 25.2 Å². The normalized spacial score (nSPS) is 15.5. The standard InChI is InChI=1S/C11H22F3NO4/c1-9(15)10(11(12,13)14)19-8-7-18-6-5-17-4-3-16-2/h9-10H,3-8,15H2,1-2H3. The molecule has 2 unspecified atom stereocenters. The van der Waals surface area contributed by atoms with Crippen molar-refractivity contribution >= 4 is 0 Å². The van der Waals surface area contributed by atoms with Crippen LogP contribution in [0.5, 0.6) is 0 Å². The van der Waals surface area contributed by atoms with Crippen molar-refractivity contribution in [1.82, 2.24) is 0 Å². The van der Waals surface area contributed by atoms with Gasteiger partial charge < -0.3 is 24.7 Å². The van der Waals surface area contributed by atoms with Crippen molar-refractivity contribution in [3.63, 3.8) is 0 Å². The van der Waals surface area contributed by atoms with Gasteiger partial charge in [-0.05, 0) is 6.92 Å². The molecule has 2 atom stereocenters. The molecule has 0 aliphatic rings. The highest BCUT2D eigenvalue weighted by atomic mass is 19.4. The van der Waals surface area contributed by atoms with Gasteiger partial charge in [0.2, 0.25) is 0 Å². The molecule has 5 nitrogen and oxygen atoms in total. The van der Waals surface area contributed by atoms with E-state index in [1.54, 1.807) is 7.11 Å². The highest BCUT2D eigenvalue weighted by molar-refractivity contribution is 4.76. The highest BCUT2D eigenvalue weighted by Crippen LogP contribution is 2.24. The Kier molecular flexibility index (Phi) is 10.2. The Morgan fingerprint density at radius 3 is 1.84 bits per heavy atom. The minimum atomic E-state index is -4.46. The molecule has 0 aliphatic carbocycles. The van der Waals surface area contributed by atoms with Crippen molar-refractivity contribution in [3.05, 3.63) is 0 Å². The summed E-state index contributed by atoms with van der Waals surface area (Å²) in [6, 6.07) is -1.11. The summed E-state index contributed by atoms with van der Waals surface area (Å²) in [6.07, 6.45) is -6.42. The first-order chi connectivity index (χ1) is 8.89. The average Bonchev–Trinajstić information content (AvgIpc) is 2.29. The van der Waals surface area contributed by atoms with Gasteiger partial charge in [-0.25, -0.2) is 0 Å². The first-order valence-corrected chi connectivity index (χ1v) is 5.98. The zero-order chi connectivity index (χ0) is 14.7. The van der Waals surface area contributed by atoms with Crippen molar-refractivity contribution in [3.8, 4) is 0 Å². The van der Waals surface area contributed by atoms with E-state index in [4.69, 9.17) is 19.9 Å². The molecule has 0 aromatic carbocycles. The summed E-state index contributed by atoms with van der Waals surface area (Å²) in [5, 5.41) is 0. The predicted molar refractivity (Wildman–Crippen MR) is 63.0 cm³/mol. The van der Waals surface area contributed by atoms with Gasteiger partial charge in [-0.15, -0.1) is 0 Å². The van der Waals surface area contributed by atoms with Crippen LogP contribution in [0.1, 0.15) is 6.92 Å². The molecule has 0 saturated heterocycles. The molecule has 8 heteroatoms. The SMILES string of the molecule is COCCOCCOCCOC(C(C)N)C(F)(F)F. The van der Waals surface area contributed by atoms with E-state index in [9.17, 15) is 13.2 Å². The number of halogens is 3. The van der Waals surface area contributed by atoms with Crippen LogP contribution in [0, 0.1) is 0 Å². The number of hydrogen-bond donors (Lipinski definition) is 1. The second-order valence-electron chi connectivity index (χ2n) is 3.91. The molecule has 0 spiro atoms. The van der Waals surface area contributed by atoms with Crippen LogP contribution in [0.15, 0.2) is 0 Å². The molecule has 0 saturated carbocycles. The minimum Gasteiger partial charge on any atom is -0.382 e. The Bertz CT molecular complexity index is 215. The summed E-state index contributed by atoms with van der Waals surface area (Å²) in [5.74, 6) is 0. The van der Waals surface area contributed by atoms with Crippen LogP contribution in [-0.4, -0.2) is 65.1 Å². The molecule has 0 aromatic heterocycles. The Morgan fingerprint density at radius 1 is 0.947 bits per heavy atom. The van der Waals surface area contributed by atoms with Gasteiger partial charge in [0.05, 0.1) is 39.6 Å². The maximum atomic E-state index is 12.4. The second-order valence-corrected chi connectivity index (χ2v) is 3.91. The molecule has 19 heavy (non-hydrogen) atoms. The molecule has 0 amide bonds. The second kappa shape index (κ2) is 10.4. The monoisotopic (exact) mass is 289 g/mol. The Hall–Kier alpha value is -0.410. The van der Waals surface area contributed by atoms with Crippen molar-refractivity contribution in [2.75, 3.05) is 46.8 Å². The lowest BCUT2D eigenvalue weighted by atomic mass is 10.2. The molecule has 0 aromatic rings. The van der Waals surface area contributed by atoms with E-state index in [0.717, 1.165) is 0 Å².